The standard InChI is InChI=1S/C18H27NO2/c1-13(2)18(17(20)21)10-8-16(9-11-18)19-12-15-6-4-14(3)5-7-15/h4-7,13,16,19H,8-12H2,1-3H3,(H,20,21). The number of nitrogens with one attached hydrogen (secondary N) is 1. The number of hydrogen-bond acceptors (Lipinski definition) is 2. The molecular weight excluding hydrogens is 262 g/mol. The zero-order chi connectivity index (χ0) is 15.5. The summed E-state index contributed by atoms with van der Waals surface area (Å²) in [5, 5.41) is 13.1. The van der Waals surface area contributed by atoms with Crippen LogP contribution in [0.25, 0.3) is 0 Å². The van der Waals surface area contributed by atoms with Gasteiger partial charge >= 0.3 is 5.97 Å². The van der Waals surface area contributed by atoms with Crippen molar-refractivity contribution in [2.24, 2.45) is 11.3 Å². The van der Waals surface area contributed by atoms with Gasteiger partial charge < -0.3 is 10.4 Å². The van der Waals surface area contributed by atoms with Crippen LogP contribution in [-0.4, -0.2) is 17.1 Å². The highest BCUT2D eigenvalue weighted by Gasteiger charge is 2.44. The van der Waals surface area contributed by atoms with E-state index in [0.29, 0.717) is 6.04 Å². The highest BCUT2D eigenvalue weighted by atomic mass is 16.4. The van der Waals surface area contributed by atoms with Crippen molar-refractivity contribution in [2.75, 3.05) is 0 Å². The molecule has 0 radical (unpaired) electrons. The second-order valence-corrected chi connectivity index (χ2v) is 6.76. The Morgan fingerprint density at radius 2 is 1.86 bits per heavy atom. The molecule has 0 atom stereocenters. The van der Waals surface area contributed by atoms with Gasteiger partial charge in [-0.2, -0.15) is 0 Å². The Kier molecular flexibility index (Phi) is 5.04. The highest BCUT2D eigenvalue weighted by Crippen LogP contribution is 2.42. The largest absolute Gasteiger partial charge is 0.481 e. The predicted octanol–water partition coefficient (Wildman–Crippen LogP) is 3.75. The summed E-state index contributed by atoms with van der Waals surface area (Å²) in [4.78, 5) is 11.6. The van der Waals surface area contributed by atoms with Gasteiger partial charge in [0.1, 0.15) is 0 Å². The third-order valence-corrected chi connectivity index (χ3v) is 5.12. The lowest BCUT2D eigenvalue weighted by atomic mass is 9.66. The maximum absolute atomic E-state index is 11.6. The minimum Gasteiger partial charge on any atom is -0.481 e. The molecule has 0 heterocycles. The molecule has 116 valence electrons. The summed E-state index contributed by atoms with van der Waals surface area (Å²) in [6.45, 7) is 7.03. The van der Waals surface area contributed by atoms with Crippen LogP contribution in [-0.2, 0) is 11.3 Å². The van der Waals surface area contributed by atoms with Gasteiger partial charge in [-0.3, -0.25) is 4.79 Å². The van der Waals surface area contributed by atoms with Crippen LogP contribution < -0.4 is 5.32 Å². The molecule has 0 bridgehead atoms. The highest BCUT2D eigenvalue weighted by molar-refractivity contribution is 5.75. The van der Waals surface area contributed by atoms with Crippen LogP contribution in [0.3, 0.4) is 0 Å². The number of aryl methyl sites for hydroxylation is 1. The van der Waals surface area contributed by atoms with E-state index in [1.165, 1.54) is 11.1 Å². The second-order valence-electron chi connectivity index (χ2n) is 6.76. The zero-order valence-corrected chi connectivity index (χ0v) is 13.4. The summed E-state index contributed by atoms with van der Waals surface area (Å²) in [5.41, 5.74) is 2.06. The fourth-order valence-electron chi connectivity index (χ4n) is 3.34. The monoisotopic (exact) mass is 289 g/mol. The van der Waals surface area contributed by atoms with Gasteiger partial charge in [-0.15, -0.1) is 0 Å². The van der Waals surface area contributed by atoms with Gasteiger partial charge in [0.15, 0.2) is 0 Å². The SMILES string of the molecule is Cc1ccc(CNC2CCC(C(=O)O)(C(C)C)CC2)cc1. The molecule has 0 spiro atoms. The smallest absolute Gasteiger partial charge is 0.309 e. The first-order valence-electron chi connectivity index (χ1n) is 7.96. The van der Waals surface area contributed by atoms with E-state index in [-0.39, 0.29) is 5.92 Å². The molecule has 0 aliphatic heterocycles. The summed E-state index contributed by atoms with van der Waals surface area (Å²) in [6.07, 6.45) is 3.48. The molecule has 1 fully saturated rings. The topological polar surface area (TPSA) is 49.3 Å². The Morgan fingerprint density at radius 3 is 2.33 bits per heavy atom. The molecular formula is C18H27NO2. The van der Waals surface area contributed by atoms with E-state index in [4.69, 9.17) is 0 Å². The van der Waals surface area contributed by atoms with Crippen molar-refractivity contribution in [3.05, 3.63) is 35.4 Å². The predicted molar refractivity (Wildman–Crippen MR) is 85.2 cm³/mol. The fourth-order valence-corrected chi connectivity index (χ4v) is 3.34. The number of rotatable bonds is 5. The van der Waals surface area contributed by atoms with Crippen molar-refractivity contribution < 1.29 is 9.90 Å². The minimum atomic E-state index is -0.616. The van der Waals surface area contributed by atoms with Gasteiger partial charge in [0.25, 0.3) is 0 Å². The molecule has 0 aromatic heterocycles. The molecule has 1 aliphatic rings. The number of carboxylic acid groups (broad SMARTS) is 1. The number of carbonyl (C=O) groups is 1. The van der Waals surface area contributed by atoms with Crippen LogP contribution in [0.4, 0.5) is 0 Å². The summed E-state index contributed by atoms with van der Waals surface area (Å²) >= 11 is 0. The molecule has 3 heteroatoms. The van der Waals surface area contributed by atoms with Crippen LogP contribution in [0, 0.1) is 18.3 Å². The quantitative estimate of drug-likeness (QED) is 0.868. The summed E-state index contributed by atoms with van der Waals surface area (Å²) < 4.78 is 0. The molecule has 1 aliphatic carbocycles. The first kappa shape index (κ1) is 16.0. The Hall–Kier alpha value is -1.35. The molecule has 1 aromatic rings. The lowest BCUT2D eigenvalue weighted by molar-refractivity contribution is -0.154. The minimum absolute atomic E-state index is 0.202. The van der Waals surface area contributed by atoms with Gasteiger partial charge in [0, 0.05) is 12.6 Å². The third kappa shape index (κ3) is 3.65. The molecule has 1 saturated carbocycles. The molecule has 0 unspecified atom stereocenters. The summed E-state index contributed by atoms with van der Waals surface area (Å²) in [6, 6.07) is 9.01. The number of aliphatic carboxylic acids is 1. The molecule has 0 saturated heterocycles. The first-order valence-corrected chi connectivity index (χ1v) is 7.96. The van der Waals surface area contributed by atoms with E-state index >= 15 is 0 Å². The van der Waals surface area contributed by atoms with Gasteiger partial charge in [0.05, 0.1) is 5.41 Å². The molecule has 0 amide bonds. The van der Waals surface area contributed by atoms with Gasteiger partial charge in [-0.25, -0.2) is 0 Å². The lowest BCUT2D eigenvalue weighted by Crippen LogP contribution is -2.44. The fraction of sp³-hybridized carbons (Fsp3) is 0.611. The number of benzene rings is 1. The summed E-state index contributed by atoms with van der Waals surface area (Å²) in [7, 11) is 0. The van der Waals surface area contributed by atoms with E-state index in [1.54, 1.807) is 0 Å². The maximum atomic E-state index is 11.6. The zero-order valence-electron chi connectivity index (χ0n) is 13.4. The normalized spacial score (nSPS) is 26.0. The van der Waals surface area contributed by atoms with Crippen LogP contribution in [0.5, 0.6) is 0 Å². The second kappa shape index (κ2) is 6.61. The lowest BCUT2D eigenvalue weighted by Gasteiger charge is -2.40. The van der Waals surface area contributed by atoms with Crippen molar-refractivity contribution in [1.29, 1.82) is 0 Å². The van der Waals surface area contributed by atoms with E-state index < -0.39 is 11.4 Å². The van der Waals surface area contributed by atoms with Crippen LogP contribution in [0.1, 0.15) is 50.7 Å². The van der Waals surface area contributed by atoms with Gasteiger partial charge in [-0.1, -0.05) is 43.7 Å². The average Bonchev–Trinajstić information content (AvgIpc) is 2.46. The van der Waals surface area contributed by atoms with Crippen molar-refractivity contribution in [2.45, 2.75) is 59.0 Å². The molecule has 21 heavy (non-hydrogen) atoms. The molecule has 2 N–H and O–H groups in total. The summed E-state index contributed by atoms with van der Waals surface area (Å²) in [5.74, 6) is -0.414. The van der Waals surface area contributed by atoms with Gasteiger partial charge in [-0.05, 0) is 44.1 Å². The Labute approximate surface area is 127 Å². The van der Waals surface area contributed by atoms with E-state index in [9.17, 15) is 9.90 Å². The molecule has 3 nitrogen and oxygen atoms in total. The van der Waals surface area contributed by atoms with Crippen LogP contribution >= 0.6 is 0 Å². The Bertz CT molecular complexity index is 470. The van der Waals surface area contributed by atoms with Gasteiger partial charge in [0.2, 0.25) is 0 Å². The Morgan fingerprint density at radius 1 is 1.29 bits per heavy atom. The van der Waals surface area contributed by atoms with Crippen molar-refractivity contribution >= 4 is 5.97 Å². The average molecular weight is 289 g/mol. The van der Waals surface area contributed by atoms with Crippen molar-refractivity contribution in [3.63, 3.8) is 0 Å². The molecule has 2 rings (SSSR count). The van der Waals surface area contributed by atoms with E-state index in [2.05, 4.69) is 36.5 Å². The van der Waals surface area contributed by atoms with Crippen molar-refractivity contribution in [1.82, 2.24) is 5.32 Å². The Balaban J connectivity index is 1.86. The molecule has 1 aromatic carbocycles. The van der Waals surface area contributed by atoms with E-state index in [1.807, 2.05) is 13.8 Å². The maximum Gasteiger partial charge on any atom is 0.309 e. The number of carboxylic acids is 1. The van der Waals surface area contributed by atoms with E-state index in [0.717, 1.165) is 32.2 Å². The van der Waals surface area contributed by atoms with Crippen molar-refractivity contribution in [3.8, 4) is 0 Å². The third-order valence-electron chi connectivity index (χ3n) is 5.12. The van der Waals surface area contributed by atoms with Crippen LogP contribution in [0.15, 0.2) is 24.3 Å². The number of hydrogen-bond donors (Lipinski definition) is 2. The van der Waals surface area contributed by atoms with Crippen LogP contribution in [0.2, 0.25) is 0 Å². The first-order chi connectivity index (χ1) is 9.94.